The molecular formula is C33H50N2O7. The lowest BCUT2D eigenvalue weighted by Crippen LogP contribution is -2.51. The average molecular weight is 587 g/mol. The Balaban J connectivity index is 2.16. The van der Waals surface area contributed by atoms with Crippen molar-refractivity contribution in [3.8, 4) is 0 Å². The molecule has 234 valence electrons. The summed E-state index contributed by atoms with van der Waals surface area (Å²) in [6.45, 7) is 12.6. The second-order valence-corrected chi connectivity index (χ2v) is 12.9. The number of Topliss-reactive ketones (excluding diaryl/α,β-unsaturated/α-hetero) is 3. The number of amides is 2. The van der Waals surface area contributed by atoms with Gasteiger partial charge in [0.05, 0.1) is 30.7 Å². The number of aliphatic hydroxyl groups is 1. The van der Waals surface area contributed by atoms with Crippen LogP contribution in [0.5, 0.6) is 0 Å². The molecule has 0 aliphatic carbocycles. The summed E-state index contributed by atoms with van der Waals surface area (Å²) in [4.78, 5) is 65.3. The van der Waals surface area contributed by atoms with E-state index in [0.717, 1.165) is 5.56 Å². The highest BCUT2D eigenvalue weighted by Crippen LogP contribution is 2.30. The molecule has 9 heteroatoms. The minimum Gasteiger partial charge on any atom is -0.393 e. The number of rotatable bonds is 19. The second-order valence-electron chi connectivity index (χ2n) is 12.9. The van der Waals surface area contributed by atoms with Crippen molar-refractivity contribution in [2.45, 2.75) is 111 Å². The summed E-state index contributed by atoms with van der Waals surface area (Å²) in [6, 6.07) is 7.99. The predicted molar refractivity (Wildman–Crippen MR) is 160 cm³/mol. The Morgan fingerprint density at radius 1 is 0.881 bits per heavy atom. The van der Waals surface area contributed by atoms with Crippen LogP contribution in [0.4, 0.5) is 0 Å². The van der Waals surface area contributed by atoms with E-state index in [2.05, 4.69) is 10.6 Å². The number of ketones is 3. The molecule has 1 aromatic rings. The quantitative estimate of drug-likeness (QED) is 0.210. The Kier molecular flexibility index (Phi) is 13.5. The molecule has 3 N–H and O–H groups in total. The Morgan fingerprint density at radius 2 is 1.43 bits per heavy atom. The third kappa shape index (κ3) is 11.4. The molecule has 1 saturated heterocycles. The van der Waals surface area contributed by atoms with E-state index in [9.17, 15) is 29.1 Å². The minimum atomic E-state index is -1.16. The maximum Gasteiger partial charge on any atom is 0.226 e. The van der Waals surface area contributed by atoms with Crippen LogP contribution in [-0.2, 0) is 35.1 Å². The smallest absolute Gasteiger partial charge is 0.226 e. The van der Waals surface area contributed by atoms with Crippen LogP contribution in [0, 0.1) is 23.7 Å². The van der Waals surface area contributed by atoms with Crippen LogP contribution in [-0.4, -0.2) is 64.7 Å². The van der Waals surface area contributed by atoms with E-state index in [4.69, 9.17) is 4.74 Å². The molecule has 2 amide bonds. The highest BCUT2D eigenvalue weighted by molar-refractivity contribution is 5.98. The number of carbonyl (C=O) groups is 5. The van der Waals surface area contributed by atoms with Crippen molar-refractivity contribution in [2.75, 3.05) is 6.61 Å². The molecule has 0 saturated carbocycles. The van der Waals surface area contributed by atoms with Gasteiger partial charge in [0.2, 0.25) is 11.8 Å². The minimum absolute atomic E-state index is 0.0565. The van der Waals surface area contributed by atoms with Crippen molar-refractivity contribution in [1.29, 1.82) is 0 Å². The number of hydrogen-bond donors (Lipinski definition) is 3. The lowest BCUT2D eigenvalue weighted by molar-refractivity contribution is -0.138. The third-order valence-electron chi connectivity index (χ3n) is 7.72. The van der Waals surface area contributed by atoms with Gasteiger partial charge < -0.3 is 25.3 Å². The van der Waals surface area contributed by atoms with Crippen LogP contribution < -0.4 is 10.6 Å². The number of epoxide rings is 1. The van der Waals surface area contributed by atoms with Crippen molar-refractivity contribution in [2.24, 2.45) is 23.7 Å². The molecule has 0 aromatic heterocycles. The van der Waals surface area contributed by atoms with Gasteiger partial charge in [0, 0.05) is 18.8 Å². The van der Waals surface area contributed by atoms with E-state index >= 15 is 0 Å². The topological polar surface area (TPSA) is 142 Å². The van der Waals surface area contributed by atoms with Crippen LogP contribution in [0.3, 0.4) is 0 Å². The molecule has 0 bridgehead atoms. The van der Waals surface area contributed by atoms with Gasteiger partial charge in [0.15, 0.2) is 11.6 Å². The summed E-state index contributed by atoms with van der Waals surface area (Å²) in [7, 11) is 0. The molecule has 9 nitrogen and oxygen atoms in total. The number of carbonyl (C=O) groups excluding carboxylic acids is 5. The van der Waals surface area contributed by atoms with Crippen LogP contribution >= 0.6 is 0 Å². The summed E-state index contributed by atoms with van der Waals surface area (Å²) in [6.07, 6.45) is 0.394. The molecule has 0 radical (unpaired) electrons. The standard InChI is InChI=1S/C33H50N2O7/c1-20(2)15-27(34-31(40)25(17-22(5)36)14-13-24-11-9-8-10-12-24)29(38)18-26(23(6)37)32(41)35-28(16-21(3)4)30(39)33(7)19-42-33/h8-12,20-21,23,25-28,37H,13-19H2,1-7H3,(H,34,40)(H,35,41)/t23-,25-,26+,27+,28+,33-/m1/s1. The Hall–Kier alpha value is -2.91. The molecule has 1 fully saturated rings. The summed E-state index contributed by atoms with van der Waals surface area (Å²) in [5, 5.41) is 16.1. The van der Waals surface area contributed by atoms with Gasteiger partial charge in [-0.05, 0) is 63.9 Å². The highest BCUT2D eigenvalue weighted by Gasteiger charge is 2.50. The molecule has 0 unspecified atom stereocenters. The highest BCUT2D eigenvalue weighted by atomic mass is 16.6. The Morgan fingerprint density at radius 3 is 1.93 bits per heavy atom. The summed E-state index contributed by atoms with van der Waals surface area (Å²) in [5.41, 5.74) is 0.128. The zero-order chi connectivity index (χ0) is 31.6. The molecule has 6 atom stereocenters. The first kappa shape index (κ1) is 35.3. The van der Waals surface area contributed by atoms with E-state index in [-0.39, 0.29) is 47.9 Å². The Bertz CT molecular complexity index is 1080. The van der Waals surface area contributed by atoms with Gasteiger partial charge >= 0.3 is 0 Å². The van der Waals surface area contributed by atoms with Crippen molar-refractivity contribution in [3.05, 3.63) is 35.9 Å². The summed E-state index contributed by atoms with van der Waals surface area (Å²) in [5.74, 6) is -3.22. The van der Waals surface area contributed by atoms with E-state index in [1.807, 2.05) is 58.0 Å². The van der Waals surface area contributed by atoms with Crippen LogP contribution in [0.2, 0.25) is 0 Å². The fourth-order valence-electron chi connectivity index (χ4n) is 5.13. The van der Waals surface area contributed by atoms with Gasteiger partial charge in [-0.2, -0.15) is 0 Å². The van der Waals surface area contributed by atoms with E-state index in [1.165, 1.54) is 13.8 Å². The lowest BCUT2D eigenvalue weighted by atomic mass is 9.88. The van der Waals surface area contributed by atoms with Crippen LogP contribution in [0.25, 0.3) is 0 Å². The molecule has 2 rings (SSSR count). The maximum atomic E-state index is 13.6. The summed E-state index contributed by atoms with van der Waals surface area (Å²) >= 11 is 0. The first-order chi connectivity index (χ1) is 19.6. The number of benzene rings is 1. The number of aliphatic hydroxyl groups excluding tert-OH is 1. The summed E-state index contributed by atoms with van der Waals surface area (Å²) < 4.78 is 5.30. The SMILES string of the molecule is CC(=O)C[C@@H](CCc1ccccc1)C(=O)N[C@@H](CC(C)C)C(=O)C[C@H](C(=O)N[C@@H](CC(C)C)C(=O)[C@@]1(C)CO1)[C@@H](C)O. The maximum absolute atomic E-state index is 13.6. The lowest BCUT2D eigenvalue weighted by Gasteiger charge is -2.27. The fraction of sp³-hybridized carbons (Fsp3) is 0.667. The molecule has 1 aliphatic heterocycles. The largest absolute Gasteiger partial charge is 0.393 e. The van der Waals surface area contributed by atoms with Gasteiger partial charge in [0.1, 0.15) is 11.4 Å². The fourth-order valence-corrected chi connectivity index (χ4v) is 5.13. The van der Waals surface area contributed by atoms with Crippen LogP contribution in [0.15, 0.2) is 30.3 Å². The molecule has 1 heterocycles. The second kappa shape index (κ2) is 16.1. The van der Waals surface area contributed by atoms with Gasteiger partial charge in [-0.3, -0.25) is 19.2 Å². The predicted octanol–water partition coefficient (Wildman–Crippen LogP) is 3.59. The zero-order valence-electron chi connectivity index (χ0n) is 26.3. The van der Waals surface area contributed by atoms with Crippen molar-refractivity contribution >= 4 is 29.2 Å². The molecule has 0 spiro atoms. The number of hydrogen-bond acceptors (Lipinski definition) is 7. The van der Waals surface area contributed by atoms with E-state index in [1.54, 1.807) is 6.92 Å². The number of aryl methyl sites for hydroxylation is 1. The molecular weight excluding hydrogens is 536 g/mol. The van der Waals surface area contributed by atoms with Gasteiger partial charge in [-0.1, -0.05) is 58.0 Å². The first-order valence-electron chi connectivity index (χ1n) is 15.2. The average Bonchev–Trinajstić information content (AvgIpc) is 3.66. The molecule has 1 aliphatic rings. The van der Waals surface area contributed by atoms with E-state index < -0.39 is 41.5 Å². The van der Waals surface area contributed by atoms with Crippen molar-refractivity contribution in [1.82, 2.24) is 10.6 Å². The molecule has 42 heavy (non-hydrogen) atoms. The van der Waals surface area contributed by atoms with Gasteiger partial charge in [-0.15, -0.1) is 0 Å². The van der Waals surface area contributed by atoms with Gasteiger partial charge in [0.25, 0.3) is 0 Å². The number of nitrogens with one attached hydrogen (secondary N) is 2. The third-order valence-corrected chi connectivity index (χ3v) is 7.72. The monoisotopic (exact) mass is 586 g/mol. The normalized spacial score (nSPS) is 19.9. The van der Waals surface area contributed by atoms with E-state index in [0.29, 0.717) is 32.3 Å². The zero-order valence-corrected chi connectivity index (χ0v) is 26.3. The molecule has 1 aromatic carbocycles. The Labute approximate surface area is 250 Å². The number of ether oxygens (including phenoxy) is 1. The van der Waals surface area contributed by atoms with Crippen LogP contribution in [0.1, 0.15) is 86.1 Å². The van der Waals surface area contributed by atoms with Gasteiger partial charge in [-0.25, -0.2) is 0 Å². The van der Waals surface area contributed by atoms with Crippen molar-refractivity contribution in [3.63, 3.8) is 0 Å². The van der Waals surface area contributed by atoms with Crippen molar-refractivity contribution < 1.29 is 33.8 Å². The first-order valence-corrected chi connectivity index (χ1v) is 15.2.